The highest BCUT2D eigenvalue weighted by atomic mass is 16.5. The second kappa shape index (κ2) is 7.08. The third-order valence-corrected chi connectivity index (χ3v) is 4.81. The first-order chi connectivity index (χ1) is 13.5. The number of hydrogen-bond acceptors (Lipinski definition) is 6. The SMILES string of the molecule is COCCN1N=C(C)Cn2c1nc1c2c(=O)n(Cc2ccccc2)c(=O)n1C. The molecule has 0 spiro atoms. The van der Waals surface area contributed by atoms with Crippen LogP contribution in [0.15, 0.2) is 45.0 Å². The molecule has 0 N–H and O–H groups in total. The molecule has 0 unspecified atom stereocenters. The molecule has 0 fully saturated rings. The molecule has 0 amide bonds. The average molecular weight is 382 g/mol. The van der Waals surface area contributed by atoms with Gasteiger partial charge in [0, 0.05) is 14.2 Å². The lowest BCUT2D eigenvalue weighted by Crippen LogP contribution is -2.40. The number of hydrazone groups is 1. The van der Waals surface area contributed by atoms with Gasteiger partial charge in [0.2, 0.25) is 5.95 Å². The number of rotatable bonds is 5. The van der Waals surface area contributed by atoms with E-state index in [9.17, 15) is 9.59 Å². The number of imidazole rings is 1. The van der Waals surface area contributed by atoms with E-state index >= 15 is 0 Å². The molecule has 3 aromatic rings. The van der Waals surface area contributed by atoms with Crippen LogP contribution in [-0.4, -0.2) is 44.7 Å². The van der Waals surface area contributed by atoms with Crippen molar-refractivity contribution < 1.29 is 4.74 Å². The molecular weight excluding hydrogens is 360 g/mol. The van der Waals surface area contributed by atoms with Gasteiger partial charge in [-0.3, -0.25) is 18.5 Å². The number of nitrogens with zero attached hydrogens (tertiary/aromatic N) is 6. The van der Waals surface area contributed by atoms with E-state index in [1.165, 1.54) is 9.13 Å². The lowest BCUT2D eigenvalue weighted by Gasteiger charge is -2.24. The molecule has 4 rings (SSSR count). The highest BCUT2D eigenvalue weighted by molar-refractivity contribution is 5.87. The number of fused-ring (bicyclic) bond motifs is 3. The van der Waals surface area contributed by atoms with Crippen LogP contribution in [0.5, 0.6) is 0 Å². The Bertz CT molecular complexity index is 1170. The quantitative estimate of drug-likeness (QED) is 0.651. The number of aromatic nitrogens is 4. The van der Waals surface area contributed by atoms with Crippen molar-refractivity contribution in [3.8, 4) is 0 Å². The van der Waals surface area contributed by atoms with Gasteiger partial charge in [0.15, 0.2) is 11.2 Å². The molecule has 1 aliphatic rings. The zero-order valence-electron chi connectivity index (χ0n) is 16.1. The fourth-order valence-corrected chi connectivity index (χ4v) is 3.45. The molecule has 0 aliphatic carbocycles. The molecular formula is C19H22N6O3. The minimum absolute atomic E-state index is 0.212. The van der Waals surface area contributed by atoms with Gasteiger partial charge >= 0.3 is 5.69 Å². The van der Waals surface area contributed by atoms with Crippen molar-refractivity contribution in [2.45, 2.75) is 20.0 Å². The molecule has 3 heterocycles. The van der Waals surface area contributed by atoms with E-state index in [2.05, 4.69) is 10.1 Å². The van der Waals surface area contributed by atoms with Gasteiger partial charge in [0.25, 0.3) is 5.56 Å². The number of aryl methyl sites for hydroxylation is 1. The van der Waals surface area contributed by atoms with E-state index in [-0.39, 0.29) is 12.1 Å². The minimum Gasteiger partial charge on any atom is -0.383 e. The van der Waals surface area contributed by atoms with E-state index in [1.807, 2.05) is 41.8 Å². The predicted octanol–water partition coefficient (Wildman–Crippen LogP) is 0.787. The van der Waals surface area contributed by atoms with Gasteiger partial charge in [0.05, 0.1) is 32.0 Å². The molecule has 0 bridgehead atoms. The summed E-state index contributed by atoms with van der Waals surface area (Å²) >= 11 is 0. The Labute approximate surface area is 161 Å². The maximum Gasteiger partial charge on any atom is 0.332 e. The molecule has 9 heteroatoms. The molecule has 9 nitrogen and oxygen atoms in total. The van der Waals surface area contributed by atoms with Crippen molar-refractivity contribution in [1.82, 2.24) is 18.7 Å². The van der Waals surface area contributed by atoms with Crippen LogP contribution in [0.1, 0.15) is 12.5 Å². The van der Waals surface area contributed by atoms with E-state index in [1.54, 1.807) is 19.2 Å². The Morgan fingerprint density at radius 2 is 1.93 bits per heavy atom. The van der Waals surface area contributed by atoms with Gasteiger partial charge in [-0.15, -0.1) is 0 Å². The molecule has 2 aromatic heterocycles. The Hall–Kier alpha value is -3.20. The molecule has 28 heavy (non-hydrogen) atoms. The number of benzene rings is 1. The Kier molecular flexibility index (Phi) is 4.60. The first-order valence-electron chi connectivity index (χ1n) is 9.05. The Morgan fingerprint density at radius 3 is 2.64 bits per heavy atom. The van der Waals surface area contributed by atoms with E-state index in [0.29, 0.717) is 36.8 Å². The molecule has 0 saturated carbocycles. The average Bonchev–Trinajstić information content (AvgIpc) is 3.08. The van der Waals surface area contributed by atoms with Gasteiger partial charge in [-0.1, -0.05) is 30.3 Å². The Morgan fingerprint density at radius 1 is 1.18 bits per heavy atom. The highest BCUT2D eigenvalue weighted by Crippen LogP contribution is 2.23. The fourth-order valence-electron chi connectivity index (χ4n) is 3.45. The van der Waals surface area contributed by atoms with Crippen molar-refractivity contribution in [2.75, 3.05) is 25.3 Å². The zero-order chi connectivity index (χ0) is 19.8. The van der Waals surface area contributed by atoms with Crippen LogP contribution >= 0.6 is 0 Å². The summed E-state index contributed by atoms with van der Waals surface area (Å²) in [5.41, 5.74) is 1.77. The van der Waals surface area contributed by atoms with E-state index in [0.717, 1.165) is 11.3 Å². The summed E-state index contributed by atoms with van der Waals surface area (Å²) in [6, 6.07) is 9.46. The van der Waals surface area contributed by atoms with Gasteiger partial charge in [0.1, 0.15) is 0 Å². The van der Waals surface area contributed by atoms with Crippen LogP contribution in [-0.2, 0) is 24.9 Å². The molecule has 1 aliphatic heterocycles. The van der Waals surface area contributed by atoms with Crippen LogP contribution in [0.2, 0.25) is 0 Å². The van der Waals surface area contributed by atoms with Gasteiger partial charge < -0.3 is 4.74 Å². The van der Waals surface area contributed by atoms with E-state index in [4.69, 9.17) is 4.74 Å². The largest absolute Gasteiger partial charge is 0.383 e. The summed E-state index contributed by atoms with van der Waals surface area (Å²) in [5.74, 6) is 0.544. The van der Waals surface area contributed by atoms with Crippen LogP contribution in [0.4, 0.5) is 5.95 Å². The summed E-state index contributed by atoms with van der Waals surface area (Å²) in [6.07, 6.45) is 0. The summed E-state index contributed by atoms with van der Waals surface area (Å²) in [4.78, 5) is 30.7. The van der Waals surface area contributed by atoms with Gasteiger partial charge in [-0.25, -0.2) is 9.80 Å². The first kappa shape index (κ1) is 18.2. The number of hydrogen-bond donors (Lipinski definition) is 0. The van der Waals surface area contributed by atoms with Gasteiger partial charge in [-0.05, 0) is 12.5 Å². The van der Waals surface area contributed by atoms with Crippen LogP contribution in [0, 0.1) is 0 Å². The van der Waals surface area contributed by atoms with Crippen molar-refractivity contribution in [1.29, 1.82) is 0 Å². The summed E-state index contributed by atoms with van der Waals surface area (Å²) < 4.78 is 9.66. The minimum atomic E-state index is -0.391. The van der Waals surface area contributed by atoms with Crippen molar-refractivity contribution in [3.63, 3.8) is 0 Å². The van der Waals surface area contributed by atoms with Crippen LogP contribution in [0.3, 0.4) is 0 Å². The summed E-state index contributed by atoms with van der Waals surface area (Å²) in [5, 5.41) is 6.23. The maximum atomic E-state index is 13.3. The second-order valence-electron chi connectivity index (χ2n) is 6.84. The smallest absolute Gasteiger partial charge is 0.332 e. The van der Waals surface area contributed by atoms with Crippen molar-refractivity contribution >= 4 is 22.8 Å². The highest BCUT2D eigenvalue weighted by Gasteiger charge is 2.26. The number of ether oxygens (including phenoxy) is 1. The lowest BCUT2D eigenvalue weighted by molar-refractivity contribution is 0.205. The zero-order valence-corrected chi connectivity index (χ0v) is 16.1. The second-order valence-corrected chi connectivity index (χ2v) is 6.84. The molecule has 0 saturated heterocycles. The monoisotopic (exact) mass is 382 g/mol. The lowest BCUT2D eigenvalue weighted by atomic mass is 10.2. The first-order valence-corrected chi connectivity index (χ1v) is 9.05. The summed E-state index contributed by atoms with van der Waals surface area (Å²) in [6.45, 7) is 3.54. The number of methoxy groups -OCH3 is 1. The predicted molar refractivity (Wildman–Crippen MR) is 107 cm³/mol. The molecule has 0 atom stereocenters. The third-order valence-electron chi connectivity index (χ3n) is 4.81. The number of anilines is 1. The normalized spacial score (nSPS) is 13.7. The summed E-state index contributed by atoms with van der Waals surface area (Å²) in [7, 11) is 3.26. The molecule has 0 radical (unpaired) electrons. The third kappa shape index (κ3) is 2.93. The molecule has 146 valence electrons. The van der Waals surface area contributed by atoms with E-state index < -0.39 is 5.69 Å². The standard InChI is InChI=1S/C19H22N6O3/c1-13-11-23-15-16(20-18(23)25(21-13)9-10-28-3)22(2)19(27)24(17(15)26)12-14-7-5-4-6-8-14/h4-8H,9-12H2,1-3H3. The Balaban J connectivity index is 1.91. The van der Waals surface area contributed by atoms with Crippen LogP contribution in [0.25, 0.3) is 11.2 Å². The maximum absolute atomic E-state index is 13.3. The topological polar surface area (TPSA) is 86.7 Å². The fraction of sp³-hybridized carbons (Fsp3) is 0.368. The van der Waals surface area contributed by atoms with Crippen LogP contribution < -0.4 is 16.3 Å². The van der Waals surface area contributed by atoms with Crippen molar-refractivity contribution in [3.05, 3.63) is 56.7 Å². The molecule has 1 aromatic carbocycles. The van der Waals surface area contributed by atoms with Crippen molar-refractivity contribution in [2.24, 2.45) is 12.1 Å². The van der Waals surface area contributed by atoms with Gasteiger partial charge in [-0.2, -0.15) is 10.1 Å².